The first kappa shape index (κ1) is 25.1. The molecule has 5 aromatic heterocycles. The summed E-state index contributed by atoms with van der Waals surface area (Å²) in [7, 11) is 0. The number of hydrogen-bond donors (Lipinski definition) is 1. The molecule has 0 aliphatic carbocycles. The largest absolute Gasteiger partial charge is 0.517 e. The molecule has 0 unspecified atom stereocenters. The van der Waals surface area contributed by atoms with Crippen molar-refractivity contribution in [3.8, 4) is 23.2 Å². The summed E-state index contributed by atoms with van der Waals surface area (Å²) < 4.78 is 13.9. The van der Waals surface area contributed by atoms with E-state index >= 15 is 0 Å². The SMILES string of the molecule is CC(C)(C)c1ccnc(-n2c3ccccc3c3ccc(Oc4[c-]c5c(nc4)oc4cccc(O)c45)nc32)c1.[Pt]. The van der Waals surface area contributed by atoms with E-state index in [1.54, 1.807) is 18.2 Å². The normalized spacial score (nSPS) is 11.9. The fourth-order valence-corrected chi connectivity index (χ4v) is 4.88. The van der Waals surface area contributed by atoms with E-state index < -0.39 is 0 Å². The van der Waals surface area contributed by atoms with Crippen molar-refractivity contribution in [2.75, 3.05) is 0 Å². The van der Waals surface area contributed by atoms with Crippen LogP contribution in [-0.2, 0) is 26.5 Å². The van der Waals surface area contributed by atoms with Crippen LogP contribution >= 0.6 is 0 Å². The average Bonchev–Trinajstić information content (AvgIpc) is 3.44. The predicted octanol–water partition coefficient (Wildman–Crippen LogP) is 7.46. The summed E-state index contributed by atoms with van der Waals surface area (Å²) in [5, 5.41) is 13.5. The third-order valence-corrected chi connectivity index (χ3v) is 6.77. The molecule has 0 atom stereocenters. The van der Waals surface area contributed by atoms with Crippen LogP contribution < -0.4 is 4.74 Å². The maximum Gasteiger partial charge on any atom is 0.219 e. The number of ether oxygens (including phenoxy) is 1. The average molecular weight is 695 g/mol. The van der Waals surface area contributed by atoms with Crippen LogP contribution in [-0.4, -0.2) is 24.6 Å². The van der Waals surface area contributed by atoms with E-state index in [9.17, 15) is 5.11 Å². The van der Waals surface area contributed by atoms with Crippen LogP contribution in [0.5, 0.6) is 17.4 Å². The zero-order valence-electron chi connectivity index (χ0n) is 21.4. The van der Waals surface area contributed by atoms with Crippen molar-refractivity contribution in [2.24, 2.45) is 0 Å². The maximum atomic E-state index is 10.4. The van der Waals surface area contributed by atoms with Crippen LogP contribution in [0.25, 0.3) is 49.8 Å². The third kappa shape index (κ3) is 4.14. The Morgan fingerprint density at radius 3 is 2.64 bits per heavy atom. The summed E-state index contributed by atoms with van der Waals surface area (Å²) in [6.45, 7) is 6.56. The minimum atomic E-state index is -0.0225. The molecule has 0 bridgehead atoms. The van der Waals surface area contributed by atoms with Crippen LogP contribution in [0.15, 0.2) is 83.5 Å². The molecule has 0 aliphatic rings. The standard InChI is InChI=1S/C31H23N4O3.Pt/c1-31(2,3)18-13-14-32-26(15-18)35-23-8-5-4-7-20(23)21-11-12-27(34-29(21)35)37-19-16-22-28-24(36)9-6-10-25(28)38-30(22)33-17-19;/h4-15,17,36H,1-3H3;/q-1;. The van der Waals surface area contributed by atoms with E-state index in [0.717, 1.165) is 27.8 Å². The Bertz CT molecular complexity index is 2020. The van der Waals surface area contributed by atoms with E-state index in [2.05, 4.69) is 60.7 Å². The molecule has 5 heterocycles. The molecule has 7 rings (SSSR count). The molecule has 8 heteroatoms. The quantitative estimate of drug-likeness (QED) is 0.193. The molecular formula is C31H23N4O3Pt-. The molecule has 0 saturated carbocycles. The monoisotopic (exact) mass is 694 g/mol. The first-order chi connectivity index (χ1) is 18.4. The number of benzene rings is 2. The van der Waals surface area contributed by atoms with Gasteiger partial charge in [-0.1, -0.05) is 56.5 Å². The number of phenolic OH excluding ortho intramolecular Hbond substituents is 1. The molecule has 0 spiro atoms. The molecule has 0 aliphatic heterocycles. The van der Waals surface area contributed by atoms with Gasteiger partial charge in [-0.2, -0.15) is 4.98 Å². The van der Waals surface area contributed by atoms with Gasteiger partial charge in [0.15, 0.2) is 5.65 Å². The third-order valence-electron chi connectivity index (χ3n) is 6.77. The van der Waals surface area contributed by atoms with Gasteiger partial charge in [-0.05, 0) is 59.0 Å². The number of aromatic hydroxyl groups is 1. The Morgan fingerprint density at radius 2 is 1.79 bits per heavy atom. The van der Waals surface area contributed by atoms with Crippen molar-refractivity contribution in [1.82, 2.24) is 19.5 Å². The van der Waals surface area contributed by atoms with Gasteiger partial charge < -0.3 is 19.2 Å². The van der Waals surface area contributed by atoms with Gasteiger partial charge in [-0.25, -0.2) is 4.98 Å². The van der Waals surface area contributed by atoms with Crippen LogP contribution in [0, 0.1) is 6.07 Å². The van der Waals surface area contributed by atoms with Crippen LogP contribution in [0.1, 0.15) is 26.3 Å². The summed E-state index contributed by atoms with van der Waals surface area (Å²) in [5.41, 5.74) is 3.83. The van der Waals surface area contributed by atoms with Crippen LogP contribution in [0.4, 0.5) is 0 Å². The van der Waals surface area contributed by atoms with Crippen LogP contribution in [0.2, 0.25) is 0 Å². The number of para-hydroxylation sites is 1. The molecule has 0 radical (unpaired) electrons. The summed E-state index contributed by atoms with van der Waals surface area (Å²) in [4.78, 5) is 14.0. The number of hydrogen-bond acceptors (Lipinski definition) is 6. The molecule has 7 aromatic rings. The Morgan fingerprint density at radius 1 is 0.949 bits per heavy atom. The molecule has 7 nitrogen and oxygen atoms in total. The van der Waals surface area contributed by atoms with E-state index in [1.807, 2.05) is 30.5 Å². The van der Waals surface area contributed by atoms with E-state index in [-0.39, 0.29) is 32.2 Å². The van der Waals surface area contributed by atoms with Gasteiger partial charge in [0, 0.05) is 44.1 Å². The first-order valence-corrected chi connectivity index (χ1v) is 12.3. The topological polar surface area (TPSA) is 86.2 Å². The van der Waals surface area contributed by atoms with Gasteiger partial charge >= 0.3 is 0 Å². The number of aromatic nitrogens is 4. The van der Waals surface area contributed by atoms with Gasteiger partial charge in [-0.3, -0.25) is 4.57 Å². The second kappa shape index (κ2) is 9.21. The van der Waals surface area contributed by atoms with Crippen molar-refractivity contribution in [2.45, 2.75) is 26.2 Å². The molecule has 0 saturated heterocycles. The van der Waals surface area contributed by atoms with E-state index in [0.29, 0.717) is 33.7 Å². The van der Waals surface area contributed by atoms with Crippen molar-refractivity contribution in [3.05, 3.63) is 90.8 Å². The predicted molar refractivity (Wildman–Crippen MR) is 147 cm³/mol. The van der Waals surface area contributed by atoms with Crippen LogP contribution in [0.3, 0.4) is 0 Å². The van der Waals surface area contributed by atoms with Gasteiger partial charge in [0.05, 0.1) is 22.6 Å². The van der Waals surface area contributed by atoms with E-state index in [1.165, 1.54) is 11.8 Å². The summed E-state index contributed by atoms with van der Waals surface area (Å²) in [6.07, 6.45) is 3.38. The number of phenols is 1. The Balaban J connectivity index is 0.00000277. The van der Waals surface area contributed by atoms with Gasteiger partial charge in [0.1, 0.15) is 11.5 Å². The second-order valence-electron chi connectivity index (χ2n) is 10.3. The van der Waals surface area contributed by atoms with E-state index in [4.69, 9.17) is 19.1 Å². The summed E-state index contributed by atoms with van der Waals surface area (Å²) >= 11 is 0. The Labute approximate surface area is 238 Å². The smallest absolute Gasteiger partial charge is 0.219 e. The summed E-state index contributed by atoms with van der Waals surface area (Å²) in [5.74, 6) is 1.66. The zero-order valence-corrected chi connectivity index (χ0v) is 23.6. The molecule has 0 fully saturated rings. The first-order valence-electron chi connectivity index (χ1n) is 12.3. The molecule has 2 aromatic carbocycles. The van der Waals surface area contributed by atoms with Crippen molar-refractivity contribution in [3.63, 3.8) is 0 Å². The van der Waals surface area contributed by atoms with Crippen molar-refractivity contribution < 1.29 is 35.3 Å². The van der Waals surface area contributed by atoms with Gasteiger partial charge in [-0.15, -0.1) is 0 Å². The van der Waals surface area contributed by atoms with Gasteiger partial charge in [0.2, 0.25) is 5.88 Å². The van der Waals surface area contributed by atoms with Crippen molar-refractivity contribution in [1.29, 1.82) is 0 Å². The Kier molecular flexibility index (Phi) is 5.92. The summed E-state index contributed by atoms with van der Waals surface area (Å²) in [6, 6.07) is 24.5. The zero-order chi connectivity index (χ0) is 26.0. The molecule has 196 valence electrons. The number of nitrogens with zero attached hydrogens (tertiary/aromatic N) is 4. The fraction of sp³-hybridized carbons (Fsp3) is 0.129. The molecule has 0 amide bonds. The molecular weight excluding hydrogens is 671 g/mol. The fourth-order valence-electron chi connectivity index (χ4n) is 4.88. The number of fused-ring (bicyclic) bond motifs is 6. The molecule has 1 N–H and O–H groups in total. The molecule has 39 heavy (non-hydrogen) atoms. The van der Waals surface area contributed by atoms with Crippen molar-refractivity contribution >= 4 is 44.0 Å². The minimum Gasteiger partial charge on any atom is -0.517 e. The number of pyridine rings is 3. The minimum absolute atomic E-state index is 0. The van der Waals surface area contributed by atoms with Gasteiger partial charge in [0.25, 0.3) is 0 Å². The number of furan rings is 1. The Hall–Kier alpha value is -4.22. The second-order valence-corrected chi connectivity index (χ2v) is 10.3. The maximum absolute atomic E-state index is 10.4. The number of rotatable bonds is 3.